The maximum absolute atomic E-state index is 13.0. The molecule has 3 heterocycles. The van der Waals surface area contributed by atoms with Gasteiger partial charge in [-0.15, -0.1) is 0 Å². The molecular weight excluding hydrogens is 462 g/mol. The monoisotopic (exact) mass is 499 g/mol. The number of hydrogen-bond donors (Lipinski definition) is 2. The molecule has 1 saturated heterocycles. The smallest absolute Gasteiger partial charge is 0.355 e. The Bertz CT molecular complexity index is 1050. The number of nitrogens with one attached hydrogen (secondary N) is 1. The first-order valence-electron chi connectivity index (χ1n) is 13.0. The van der Waals surface area contributed by atoms with Crippen molar-refractivity contribution >= 4 is 11.9 Å². The standard InChI is InChI=1S/C28H37NO7/c1-6-20-14(2)12-15(3)28-17(13-21(33-5)27(32)34-20)9-10-18-22(28)23(30)16(4)24(25(18)36-28)35-26(31)19-8-7-11-29-19/h7-12,14,16-18,20-25,29-30H,6,13H2,1-5H3/b15-12+/t14-,16-,17-,18?,20?,21-,22?,23-,24-,25-,28+/m1/s1. The van der Waals surface area contributed by atoms with E-state index in [1.165, 1.54) is 7.11 Å². The van der Waals surface area contributed by atoms with Crippen LogP contribution in [0.3, 0.4) is 0 Å². The number of methoxy groups -OCH3 is 1. The van der Waals surface area contributed by atoms with Crippen LogP contribution in [0.15, 0.2) is 42.1 Å². The first-order chi connectivity index (χ1) is 17.2. The van der Waals surface area contributed by atoms with Crippen molar-refractivity contribution in [2.45, 2.75) is 76.7 Å². The summed E-state index contributed by atoms with van der Waals surface area (Å²) in [6.07, 6.45) is 6.19. The minimum atomic E-state index is -0.841. The average Bonchev–Trinajstić information content (AvgIpc) is 3.46. The number of aliphatic hydroxyl groups excluding tert-OH is 1. The van der Waals surface area contributed by atoms with Gasteiger partial charge in [-0.2, -0.15) is 0 Å². The Hall–Kier alpha value is -2.42. The largest absolute Gasteiger partial charge is 0.460 e. The lowest BCUT2D eigenvalue weighted by molar-refractivity contribution is -0.166. The number of esters is 2. The van der Waals surface area contributed by atoms with Gasteiger partial charge in [-0.1, -0.05) is 39.0 Å². The van der Waals surface area contributed by atoms with Crippen molar-refractivity contribution in [2.24, 2.45) is 29.6 Å². The molecule has 1 aromatic heterocycles. The van der Waals surface area contributed by atoms with Crippen molar-refractivity contribution in [3.05, 3.63) is 47.8 Å². The molecule has 4 aliphatic rings. The summed E-state index contributed by atoms with van der Waals surface area (Å²) >= 11 is 0. The van der Waals surface area contributed by atoms with Crippen molar-refractivity contribution in [2.75, 3.05) is 7.11 Å². The Morgan fingerprint density at radius 2 is 2.08 bits per heavy atom. The maximum Gasteiger partial charge on any atom is 0.355 e. The minimum Gasteiger partial charge on any atom is -0.460 e. The second kappa shape index (κ2) is 9.47. The van der Waals surface area contributed by atoms with E-state index in [0.717, 1.165) is 5.57 Å². The van der Waals surface area contributed by atoms with E-state index >= 15 is 0 Å². The molecule has 4 bridgehead atoms. The van der Waals surface area contributed by atoms with Crippen LogP contribution in [0, 0.1) is 29.6 Å². The Labute approximate surface area is 212 Å². The number of H-pyrrole nitrogens is 1. The summed E-state index contributed by atoms with van der Waals surface area (Å²) in [5.74, 6) is -1.78. The predicted octanol–water partition coefficient (Wildman–Crippen LogP) is 3.43. The third kappa shape index (κ3) is 3.76. The highest BCUT2D eigenvalue weighted by molar-refractivity contribution is 5.87. The van der Waals surface area contributed by atoms with E-state index in [4.69, 9.17) is 18.9 Å². The molecule has 0 amide bonds. The van der Waals surface area contributed by atoms with Crippen molar-refractivity contribution in [1.82, 2.24) is 4.98 Å². The molecule has 2 N–H and O–H groups in total. The number of aromatic nitrogens is 1. The van der Waals surface area contributed by atoms with Crippen LogP contribution in [0.5, 0.6) is 0 Å². The fourth-order valence-corrected chi connectivity index (χ4v) is 7.09. The van der Waals surface area contributed by atoms with Gasteiger partial charge in [0.1, 0.15) is 29.6 Å². The third-order valence-corrected chi connectivity index (χ3v) is 8.95. The van der Waals surface area contributed by atoms with Gasteiger partial charge in [-0.25, -0.2) is 9.59 Å². The quantitative estimate of drug-likeness (QED) is 0.483. The Morgan fingerprint density at radius 1 is 1.31 bits per heavy atom. The van der Waals surface area contributed by atoms with E-state index in [0.29, 0.717) is 18.5 Å². The highest BCUT2D eigenvalue weighted by Gasteiger charge is 2.69. The molecule has 2 fully saturated rings. The average molecular weight is 500 g/mol. The molecule has 1 spiro atoms. The normalized spacial score (nSPS) is 45.3. The maximum atomic E-state index is 13.0. The first kappa shape index (κ1) is 25.2. The lowest BCUT2D eigenvalue weighted by Crippen LogP contribution is -2.57. The van der Waals surface area contributed by atoms with Gasteiger partial charge in [-0.05, 0) is 37.5 Å². The van der Waals surface area contributed by atoms with Crippen molar-refractivity contribution in [3.8, 4) is 0 Å². The summed E-state index contributed by atoms with van der Waals surface area (Å²) in [5.41, 5.74) is 0.532. The third-order valence-electron chi connectivity index (χ3n) is 8.95. The molecule has 5 rings (SSSR count). The topological polar surface area (TPSA) is 107 Å². The van der Waals surface area contributed by atoms with E-state index < -0.39 is 36.0 Å². The van der Waals surface area contributed by atoms with E-state index in [-0.39, 0.29) is 41.7 Å². The summed E-state index contributed by atoms with van der Waals surface area (Å²) in [7, 11) is 1.52. The van der Waals surface area contributed by atoms with Crippen LogP contribution in [0.1, 0.15) is 51.0 Å². The number of rotatable bonds is 4. The van der Waals surface area contributed by atoms with Crippen molar-refractivity contribution in [1.29, 1.82) is 0 Å². The SMILES string of the molecule is CCC1OC(=O)[C@H](OC)C[C@H]2C=CC3C4[C@H](O)[C@@H](C)[C@@H](OC(=O)c5ccc[nH]5)[C@@H]3O[C@]42/C(C)=C/[C@H]1C. The summed E-state index contributed by atoms with van der Waals surface area (Å²) in [6.45, 7) is 8.01. The summed E-state index contributed by atoms with van der Waals surface area (Å²) in [4.78, 5) is 28.8. The lowest BCUT2D eigenvalue weighted by atomic mass is 9.57. The van der Waals surface area contributed by atoms with Crippen LogP contribution in [0.4, 0.5) is 0 Å². The zero-order chi connectivity index (χ0) is 25.8. The summed E-state index contributed by atoms with van der Waals surface area (Å²) in [5, 5.41) is 11.7. The predicted molar refractivity (Wildman–Crippen MR) is 131 cm³/mol. The van der Waals surface area contributed by atoms with Crippen LogP contribution >= 0.6 is 0 Å². The molecule has 0 aromatic carbocycles. The highest BCUT2D eigenvalue weighted by atomic mass is 16.6. The molecule has 0 radical (unpaired) electrons. The first-order valence-corrected chi connectivity index (χ1v) is 13.0. The van der Waals surface area contributed by atoms with Gasteiger partial charge in [0.2, 0.25) is 0 Å². The number of aliphatic hydroxyl groups is 1. The Morgan fingerprint density at radius 3 is 2.75 bits per heavy atom. The zero-order valence-electron chi connectivity index (χ0n) is 21.5. The molecule has 196 valence electrons. The number of ether oxygens (including phenoxy) is 4. The fraction of sp³-hybridized carbons (Fsp3) is 0.643. The van der Waals surface area contributed by atoms with Gasteiger partial charge in [0.05, 0.1) is 6.10 Å². The van der Waals surface area contributed by atoms with Gasteiger partial charge >= 0.3 is 11.9 Å². The molecule has 2 aliphatic carbocycles. The lowest BCUT2D eigenvalue weighted by Gasteiger charge is -2.48. The van der Waals surface area contributed by atoms with Crippen LogP contribution < -0.4 is 0 Å². The number of carbonyl (C=O) groups is 2. The van der Waals surface area contributed by atoms with E-state index in [9.17, 15) is 14.7 Å². The number of cyclic esters (lactones) is 1. The van der Waals surface area contributed by atoms with Gasteiger partial charge in [0, 0.05) is 42.9 Å². The van der Waals surface area contributed by atoms with Gasteiger partial charge < -0.3 is 29.0 Å². The highest BCUT2D eigenvalue weighted by Crippen LogP contribution is 2.61. The Kier molecular flexibility index (Phi) is 6.64. The summed E-state index contributed by atoms with van der Waals surface area (Å²) < 4.78 is 24.4. The molecule has 1 saturated carbocycles. The fourth-order valence-electron chi connectivity index (χ4n) is 7.09. The summed E-state index contributed by atoms with van der Waals surface area (Å²) in [6, 6.07) is 3.41. The molecule has 36 heavy (non-hydrogen) atoms. The van der Waals surface area contributed by atoms with Gasteiger partial charge in [-0.3, -0.25) is 0 Å². The second-order valence-electron chi connectivity index (χ2n) is 10.8. The van der Waals surface area contributed by atoms with Crippen molar-refractivity contribution in [3.63, 3.8) is 0 Å². The number of aromatic amines is 1. The molecule has 11 atom stereocenters. The second-order valence-corrected chi connectivity index (χ2v) is 10.8. The van der Waals surface area contributed by atoms with Crippen molar-refractivity contribution < 1.29 is 33.6 Å². The number of hydrogen-bond acceptors (Lipinski definition) is 7. The van der Waals surface area contributed by atoms with Crippen LogP contribution in [0.25, 0.3) is 0 Å². The van der Waals surface area contributed by atoms with E-state index in [2.05, 4.69) is 30.1 Å². The van der Waals surface area contributed by atoms with Crippen LogP contribution in [-0.2, 0) is 23.7 Å². The Balaban J connectivity index is 1.57. The molecule has 2 aliphatic heterocycles. The van der Waals surface area contributed by atoms with Gasteiger partial charge in [0.25, 0.3) is 0 Å². The zero-order valence-corrected chi connectivity index (χ0v) is 21.5. The molecule has 1 aromatic rings. The van der Waals surface area contributed by atoms with E-state index in [1.54, 1.807) is 18.3 Å². The molecule has 8 nitrogen and oxygen atoms in total. The van der Waals surface area contributed by atoms with Crippen LogP contribution in [0.2, 0.25) is 0 Å². The minimum absolute atomic E-state index is 0.0472. The molecule has 3 unspecified atom stereocenters. The van der Waals surface area contributed by atoms with E-state index in [1.807, 2.05) is 20.8 Å². The number of carbonyl (C=O) groups excluding carboxylic acids is 2. The van der Waals surface area contributed by atoms with Gasteiger partial charge in [0.15, 0.2) is 6.10 Å². The molecular formula is C28H37NO7. The molecule has 8 heteroatoms. The van der Waals surface area contributed by atoms with Crippen LogP contribution in [-0.4, -0.2) is 65.3 Å².